The summed E-state index contributed by atoms with van der Waals surface area (Å²) in [5.74, 6) is 0.103. The number of aliphatic hydroxyl groups is 1. The summed E-state index contributed by atoms with van der Waals surface area (Å²) in [4.78, 5) is 15.5. The van der Waals surface area contributed by atoms with Crippen molar-refractivity contribution < 1.29 is 9.90 Å². The second kappa shape index (κ2) is 5.61. The van der Waals surface area contributed by atoms with Crippen molar-refractivity contribution in [2.75, 3.05) is 39.8 Å². The largest absolute Gasteiger partial charge is 0.389 e. The van der Waals surface area contributed by atoms with Crippen LogP contribution in [-0.4, -0.2) is 66.2 Å². The Hall–Kier alpha value is -0.650. The van der Waals surface area contributed by atoms with Gasteiger partial charge in [-0.25, -0.2) is 0 Å². The molecule has 1 saturated heterocycles. The van der Waals surface area contributed by atoms with Crippen LogP contribution in [0.25, 0.3) is 0 Å². The van der Waals surface area contributed by atoms with Crippen LogP contribution in [-0.2, 0) is 4.79 Å². The van der Waals surface area contributed by atoms with Crippen molar-refractivity contribution in [3.8, 4) is 0 Å². The van der Waals surface area contributed by atoms with Gasteiger partial charge >= 0.3 is 0 Å². The lowest BCUT2D eigenvalue weighted by Crippen LogP contribution is -2.39. The molecular weight excluding hydrogens is 206 g/mol. The maximum atomic E-state index is 11.8. The van der Waals surface area contributed by atoms with Gasteiger partial charge in [0.15, 0.2) is 0 Å². The molecule has 5 heteroatoms. The predicted octanol–water partition coefficient (Wildman–Crippen LogP) is -0.750. The minimum absolute atomic E-state index is 0.103. The molecule has 0 aromatic rings. The van der Waals surface area contributed by atoms with Crippen LogP contribution in [0.15, 0.2) is 0 Å². The molecule has 1 heterocycles. The summed E-state index contributed by atoms with van der Waals surface area (Å²) in [6.45, 7) is 4.91. The number of amides is 1. The topological polar surface area (TPSA) is 69.8 Å². The molecule has 0 spiro atoms. The normalized spacial score (nSPS) is 26.0. The Morgan fingerprint density at radius 3 is 2.81 bits per heavy atom. The second-order valence-electron chi connectivity index (χ2n) is 4.92. The van der Waals surface area contributed by atoms with E-state index in [1.807, 2.05) is 11.8 Å². The van der Waals surface area contributed by atoms with E-state index in [1.54, 1.807) is 11.9 Å². The van der Waals surface area contributed by atoms with Crippen molar-refractivity contribution in [2.45, 2.75) is 25.4 Å². The number of nitrogens with two attached hydrogens (primary N) is 1. The molecule has 0 radical (unpaired) electrons. The Balaban J connectivity index is 2.29. The Morgan fingerprint density at radius 1 is 1.62 bits per heavy atom. The standard InChI is InChI=1S/C11H23N3O2/c1-11(16)4-7-14(9-11)8-10(15)13(2)6-3-5-12/h16H,3-9,12H2,1-2H3. The summed E-state index contributed by atoms with van der Waals surface area (Å²) in [6.07, 6.45) is 1.58. The van der Waals surface area contributed by atoms with E-state index in [0.717, 1.165) is 19.4 Å². The highest BCUT2D eigenvalue weighted by Gasteiger charge is 2.32. The molecule has 0 aliphatic carbocycles. The quantitative estimate of drug-likeness (QED) is 0.651. The van der Waals surface area contributed by atoms with Gasteiger partial charge in [-0.05, 0) is 26.3 Å². The highest BCUT2D eigenvalue weighted by Crippen LogP contribution is 2.19. The molecule has 1 amide bonds. The number of likely N-dealkylation sites (N-methyl/N-ethyl adjacent to an activating group) is 1. The molecule has 0 aromatic carbocycles. The van der Waals surface area contributed by atoms with Crippen molar-refractivity contribution >= 4 is 5.91 Å². The van der Waals surface area contributed by atoms with E-state index in [0.29, 0.717) is 26.2 Å². The molecule has 0 aromatic heterocycles. The fourth-order valence-corrected chi connectivity index (χ4v) is 1.94. The lowest BCUT2D eigenvalue weighted by molar-refractivity contribution is -0.131. The fourth-order valence-electron chi connectivity index (χ4n) is 1.94. The van der Waals surface area contributed by atoms with Gasteiger partial charge in [-0.15, -0.1) is 0 Å². The average molecular weight is 229 g/mol. The Morgan fingerprint density at radius 2 is 2.31 bits per heavy atom. The third-order valence-corrected chi connectivity index (χ3v) is 3.01. The van der Waals surface area contributed by atoms with E-state index < -0.39 is 5.60 Å². The van der Waals surface area contributed by atoms with Crippen LogP contribution in [0.4, 0.5) is 0 Å². The zero-order valence-corrected chi connectivity index (χ0v) is 10.3. The van der Waals surface area contributed by atoms with Gasteiger partial charge in [-0.1, -0.05) is 0 Å². The summed E-state index contributed by atoms with van der Waals surface area (Å²) in [6, 6.07) is 0. The fraction of sp³-hybridized carbons (Fsp3) is 0.909. The van der Waals surface area contributed by atoms with Gasteiger partial charge in [0.1, 0.15) is 0 Å². The molecular formula is C11H23N3O2. The van der Waals surface area contributed by atoms with Crippen LogP contribution >= 0.6 is 0 Å². The highest BCUT2D eigenvalue weighted by atomic mass is 16.3. The van der Waals surface area contributed by atoms with Crippen LogP contribution in [0.3, 0.4) is 0 Å². The third-order valence-electron chi connectivity index (χ3n) is 3.01. The van der Waals surface area contributed by atoms with E-state index in [-0.39, 0.29) is 5.91 Å². The van der Waals surface area contributed by atoms with E-state index in [1.165, 1.54) is 0 Å². The zero-order chi connectivity index (χ0) is 12.2. The Kier molecular flexibility index (Phi) is 4.70. The monoisotopic (exact) mass is 229 g/mol. The van der Waals surface area contributed by atoms with Crippen molar-refractivity contribution in [1.29, 1.82) is 0 Å². The number of carbonyl (C=O) groups is 1. The van der Waals surface area contributed by atoms with Crippen LogP contribution in [0, 0.1) is 0 Å². The van der Waals surface area contributed by atoms with Crippen molar-refractivity contribution in [3.05, 3.63) is 0 Å². The average Bonchev–Trinajstić information content (AvgIpc) is 2.54. The number of nitrogens with zero attached hydrogens (tertiary/aromatic N) is 2. The molecule has 5 nitrogen and oxygen atoms in total. The number of β-amino-alcohol motifs (C(OH)–C–C–N with tert-alkyl or cyclic N) is 1. The van der Waals surface area contributed by atoms with E-state index in [4.69, 9.17) is 5.73 Å². The maximum absolute atomic E-state index is 11.8. The molecule has 1 aliphatic heterocycles. The smallest absolute Gasteiger partial charge is 0.236 e. The SMILES string of the molecule is CN(CCCN)C(=O)CN1CCC(C)(O)C1. The van der Waals surface area contributed by atoms with Crippen LogP contribution < -0.4 is 5.73 Å². The van der Waals surface area contributed by atoms with Crippen LogP contribution in [0.2, 0.25) is 0 Å². The predicted molar refractivity (Wildman–Crippen MR) is 63.0 cm³/mol. The van der Waals surface area contributed by atoms with E-state index >= 15 is 0 Å². The first-order valence-corrected chi connectivity index (χ1v) is 5.83. The first-order chi connectivity index (χ1) is 7.44. The van der Waals surface area contributed by atoms with Crippen molar-refractivity contribution in [1.82, 2.24) is 9.80 Å². The number of carbonyl (C=O) groups excluding carboxylic acids is 1. The Bertz CT molecular complexity index is 243. The van der Waals surface area contributed by atoms with Gasteiger partial charge in [0, 0.05) is 26.7 Å². The molecule has 3 N–H and O–H groups in total. The summed E-state index contributed by atoms with van der Waals surface area (Å²) in [5, 5.41) is 9.77. The van der Waals surface area contributed by atoms with Crippen LogP contribution in [0.5, 0.6) is 0 Å². The molecule has 1 atom stereocenters. The first-order valence-electron chi connectivity index (χ1n) is 5.83. The lowest BCUT2D eigenvalue weighted by Gasteiger charge is -2.22. The van der Waals surface area contributed by atoms with E-state index in [9.17, 15) is 9.90 Å². The number of rotatable bonds is 5. The van der Waals surface area contributed by atoms with E-state index in [2.05, 4.69) is 0 Å². The molecule has 16 heavy (non-hydrogen) atoms. The number of hydrogen-bond acceptors (Lipinski definition) is 4. The zero-order valence-electron chi connectivity index (χ0n) is 10.3. The van der Waals surface area contributed by atoms with Crippen LogP contribution in [0.1, 0.15) is 19.8 Å². The van der Waals surface area contributed by atoms with Gasteiger partial charge in [-0.2, -0.15) is 0 Å². The minimum atomic E-state index is -0.629. The Labute approximate surface area is 97.2 Å². The lowest BCUT2D eigenvalue weighted by atomic mass is 10.1. The summed E-state index contributed by atoms with van der Waals surface area (Å²) >= 11 is 0. The molecule has 94 valence electrons. The third kappa shape index (κ3) is 4.08. The van der Waals surface area contributed by atoms with Crippen molar-refractivity contribution in [3.63, 3.8) is 0 Å². The highest BCUT2D eigenvalue weighted by molar-refractivity contribution is 5.78. The number of hydrogen-bond donors (Lipinski definition) is 2. The second-order valence-corrected chi connectivity index (χ2v) is 4.92. The van der Waals surface area contributed by atoms with Gasteiger partial charge in [0.25, 0.3) is 0 Å². The van der Waals surface area contributed by atoms with Crippen molar-refractivity contribution in [2.24, 2.45) is 5.73 Å². The van der Waals surface area contributed by atoms with Gasteiger partial charge in [-0.3, -0.25) is 9.69 Å². The minimum Gasteiger partial charge on any atom is -0.389 e. The number of likely N-dealkylation sites (tertiary alicyclic amines) is 1. The van der Waals surface area contributed by atoms with Gasteiger partial charge < -0.3 is 15.7 Å². The molecule has 1 unspecified atom stereocenters. The molecule has 0 bridgehead atoms. The summed E-state index contributed by atoms with van der Waals surface area (Å²) in [7, 11) is 1.80. The summed E-state index contributed by atoms with van der Waals surface area (Å²) < 4.78 is 0. The van der Waals surface area contributed by atoms with Gasteiger partial charge in [0.05, 0.1) is 12.1 Å². The molecule has 1 aliphatic rings. The molecule has 0 saturated carbocycles. The summed E-state index contributed by atoms with van der Waals surface area (Å²) in [5.41, 5.74) is 4.77. The van der Waals surface area contributed by atoms with Gasteiger partial charge in [0.2, 0.25) is 5.91 Å². The first kappa shape index (κ1) is 13.4. The molecule has 1 rings (SSSR count). The maximum Gasteiger partial charge on any atom is 0.236 e. The molecule has 1 fully saturated rings.